The molecule has 0 N–H and O–H groups in total. The van der Waals surface area contributed by atoms with Crippen LogP contribution < -0.4 is 0 Å². The Morgan fingerprint density at radius 3 is 2.29 bits per heavy atom. The van der Waals surface area contributed by atoms with Crippen LogP contribution in [0.1, 0.15) is 16.8 Å². The predicted octanol–water partition coefficient (Wildman–Crippen LogP) is 0.394. The van der Waals surface area contributed by atoms with E-state index >= 15 is 0 Å². The molecule has 1 aliphatic heterocycles. The SMILES string of the molecule is CN1CCN(C(=O)c2ccc(S(C)(=O)=O)cc2)CCC1=O. The molecule has 0 unspecified atom stereocenters. The Morgan fingerprint density at radius 2 is 1.71 bits per heavy atom. The van der Waals surface area contributed by atoms with E-state index < -0.39 is 9.84 Å². The molecule has 1 aromatic carbocycles. The predicted molar refractivity (Wildman–Crippen MR) is 77.7 cm³/mol. The van der Waals surface area contributed by atoms with Crippen molar-refractivity contribution >= 4 is 21.7 Å². The van der Waals surface area contributed by atoms with Crippen LogP contribution in [0, 0.1) is 0 Å². The summed E-state index contributed by atoms with van der Waals surface area (Å²) in [4.78, 5) is 27.4. The monoisotopic (exact) mass is 310 g/mol. The molecule has 0 bridgehead atoms. The summed E-state index contributed by atoms with van der Waals surface area (Å²) in [6.07, 6.45) is 1.43. The maximum Gasteiger partial charge on any atom is 0.253 e. The highest BCUT2D eigenvalue weighted by Gasteiger charge is 2.22. The standard InChI is InChI=1S/C14H18N2O4S/c1-15-9-10-16(8-7-13(15)17)14(18)11-3-5-12(6-4-11)21(2,19)20/h3-6H,7-10H2,1-2H3. The van der Waals surface area contributed by atoms with E-state index in [1.165, 1.54) is 24.3 Å². The van der Waals surface area contributed by atoms with Gasteiger partial charge in [-0.25, -0.2) is 8.42 Å². The molecule has 0 spiro atoms. The summed E-state index contributed by atoms with van der Waals surface area (Å²) >= 11 is 0. The fourth-order valence-corrected chi connectivity index (χ4v) is 2.79. The van der Waals surface area contributed by atoms with E-state index in [1.807, 2.05) is 0 Å². The molecule has 2 amide bonds. The molecule has 6 nitrogen and oxygen atoms in total. The summed E-state index contributed by atoms with van der Waals surface area (Å²) in [5.41, 5.74) is 0.430. The van der Waals surface area contributed by atoms with Gasteiger partial charge in [0.25, 0.3) is 5.91 Å². The second kappa shape index (κ2) is 5.85. The molecule has 0 saturated carbocycles. The van der Waals surface area contributed by atoms with E-state index in [-0.39, 0.29) is 16.7 Å². The van der Waals surface area contributed by atoms with Gasteiger partial charge in [-0.1, -0.05) is 0 Å². The Bertz CT molecular complexity index is 652. The molecule has 0 atom stereocenters. The third-order valence-corrected chi connectivity index (χ3v) is 4.67. The minimum Gasteiger partial charge on any atom is -0.344 e. The molecule has 0 radical (unpaired) electrons. The van der Waals surface area contributed by atoms with Crippen LogP contribution in [0.3, 0.4) is 0 Å². The lowest BCUT2D eigenvalue weighted by molar-refractivity contribution is -0.129. The summed E-state index contributed by atoms with van der Waals surface area (Å²) in [5, 5.41) is 0. The fourth-order valence-electron chi connectivity index (χ4n) is 2.16. The third-order valence-electron chi connectivity index (χ3n) is 3.54. The van der Waals surface area contributed by atoms with Crippen molar-refractivity contribution in [2.75, 3.05) is 32.9 Å². The number of sulfone groups is 1. The van der Waals surface area contributed by atoms with Crippen molar-refractivity contribution in [1.82, 2.24) is 9.80 Å². The van der Waals surface area contributed by atoms with E-state index in [4.69, 9.17) is 0 Å². The molecular weight excluding hydrogens is 292 g/mol. The smallest absolute Gasteiger partial charge is 0.253 e. The van der Waals surface area contributed by atoms with Gasteiger partial charge >= 0.3 is 0 Å². The van der Waals surface area contributed by atoms with Crippen LogP contribution in [0.15, 0.2) is 29.2 Å². The lowest BCUT2D eigenvalue weighted by Crippen LogP contribution is -2.34. The summed E-state index contributed by atoms with van der Waals surface area (Å²) < 4.78 is 22.8. The van der Waals surface area contributed by atoms with E-state index in [2.05, 4.69) is 0 Å². The first-order valence-corrected chi connectivity index (χ1v) is 8.51. The number of hydrogen-bond donors (Lipinski definition) is 0. The molecule has 1 heterocycles. The first-order chi connectivity index (χ1) is 9.79. The number of nitrogens with zero attached hydrogens (tertiary/aromatic N) is 2. The molecule has 1 aromatic rings. The van der Waals surface area contributed by atoms with Gasteiger partial charge in [0, 0.05) is 44.9 Å². The number of amides is 2. The van der Waals surface area contributed by atoms with Gasteiger partial charge in [-0.05, 0) is 24.3 Å². The van der Waals surface area contributed by atoms with Crippen LogP contribution in [-0.2, 0) is 14.6 Å². The van der Waals surface area contributed by atoms with Crippen molar-refractivity contribution in [3.8, 4) is 0 Å². The van der Waals surface area contributed by atoms with Crippen molar-refractivity contribution in [3.63, 3.8) is 0 Å². The van der Waals surface area contributed by atoms with Gasteiger partial charge in [-0.15, -0.1) is 0 Å². The lowest BCUT2D eigenvalue weighted by Gasteiger charge is -2.20. The summed E-state index contributed by atoms with van der Waals surface area (Å²) in [7, 11) is -1.55. The van der Waals surface area contributed by atoms with E-state index in [9.17, 15) is 18.0 Å². The van der Waals surface area contributed by atoms with E-state index in [0.717, 1.165) is 6.26 Å². The molecule has 1 saturated heterocycles. The van der Waals surface area contributed by atoms with Crippen molar-refractivity contribution in [2.45, 2.75) is 11.3 Å². The molecule has 2 rings (SSSR count). The number of hydrogen-bond acceptors (Lipinski definition) is 4. The highest BCUT2D eigenvalue weighted by atomic mass is 32.2. The maximum atomic E-state index is 12.4. The minimum absolute atomic E-state index is 0.0257. The number of likely N-dealkylation sites (N-methyl/N-ethyl adjacent to an activating group) is 1. The molecule has 1 aliphatic rings. The first kappa shape index (κ1) is 15.5. The molecular formula is C14H18N2O4S. The fraction of sp³-hybridized carbons (Fsp3) is 0.429. The van der Waals surface area contributed by atoms with Crippen LogP contribution in [0.25, 0.3) is 0 Å². The van der Waals surface area contributed by atoms with Gasteiger partial charge in [-0.2, -0.15) is 0 Å². The second-order valence-corrected chi connectivity index (χ2v) is 7.17. The molecule has 21 heavy (non-hydrogen) atoms. The van der Waals surface area contributed by atoms with Crippen molar-refractivity contribution < 1.29 is 18.0 Å². The minimum atomic E-state index is -3.27. The van der Waals surface area contributed by atoms with Crippen LogP contribution in [0.5, 0.6) is 0 Å². The summed E-state index contributed by atoms with van der Waals surface area (Å²) in [6.45, 7) is 1.37. The normalized spacial score (nSPS) is 16.8. The number of carbonyl (C=O) groups is 2. The molecule has 1 fully saturated rings. The van der Waals surface area contributed by atoms with Gasteiger partial charge in [0.15, 0.2) is 9.84 Å². The van der Waals surface area contributed by atoms with Crippen LogP contribution in [0.2, 0.25) is 0 Å². The molecule has 7 heteroatoms. The number of carbonyl (C=O) groups excluding carboxylic acids is 2. The zero-order chi connectivity index (χ0) is 15.6. The zero-order valence-electron chi connectivity index (χ0n) is 12.1. The lowest BCUT2D eigenvalue weighted by atomic mass is 10.2. The van der Waals surface area contributed by atoms with Gasteiger partial charge in [0.2, 0.25) is 5.91 Å². The highest BCUT2D eigenvalue weighted by molar-refractivity contribution is 7.90. The van der Waals surface area contributed by atoms with Crippen LogP contribution in [-0.4, -0.2) is 63.0 Å². The van der Waals surface area contributed by atoms with E-state index in [0.29, 0.717) is 31.6 Å². The zero-order valence-corrected chi connectivity index (χ0v) is 12.9. The molecule has 114 valence electrons. The van der Waals surface area contributed by atoms with Crippen molar-refractivity contribution in [2.24, 2.45) is 0 Å². The Morgan fingerprint density at radius 1 is 1.10 bits per heavy atom. The quantitative estimate of drug-likeness (QED) is 0.792. The van der Waals surface area contributed by atoms with E-state index in [1.54, 1.807) is 16.8 Å². The second-order valence-electron chi connectivity index (χ2n) is 5.15. The van der Waals surface area contributed by atoms with Crippen molar-refractivity contribution in [1.29, 1.82) is 0 Å². The Labute approximate surface area is 124 Å². The van der Waals surface area contributed by atoms with Gasteiger partial charge in [0.1, 0.15) is 0 Å². The maximum absolute atomic E-state index is 12.4. The molecule has 0 aromatic heterocycles. The number of rotatable bonds is 2. The summed E-state index contributed by atoms with van der Waals surface area (Å²) in [5.74, 6) is -0.157. The van der Waals surface area contributed by atoms with Gasteiger partial charge < -0.3 is 9.80 Å². The van der Waals surface area contributed by atoms with Gasteiger partial charge in [-0.3, -0.25) is 9.59 Å². The number of benzene rings is 1. The average Bonchev–Trinajstić information content (AvgIpc) is 2.60. The molecule has 0 aliphatic carbocycles. The van der Waals surface area contributed by atoms with Crippen LogP contribution >= 0.6 is 0 Å². The van der Waals surface area contributed by atoms with Gasteiger partial charge in [0.05, 0.1) is 4.90 Å². The van der Waals surface area contributed by atoms with Crippen LogP contribution in [0.4, 0.5) is 0 Å². The Hall–Kier alpha value is -1.89. The average molecular weight is 310 g/mol. The largest absolute Gasteiger partial charge is 0.344 e. The Kier molecular flexibility index (Phi) is 4.32. The highest BCUT2D eigenvalue weighted by Crippen LogP contribution is 2.13. The van der Waals surface area contributed by atoms with Crippen molar-refractivity contribution in [3.05, 3.63) is 29.8 Å². The first-order valence-electron chi connectivity index (χ1n) is 6.62. The topological polar surface area (TPSA) is 74.8 Å². The Balaban J connectivity index is 2.15. The third kappa shape index (κ3) is 3.60. The summed E-state index contributed by atoms with van der Waals surface area (Å²) in [6, 6.07) is 5.87.